The smallest absolute Gasteiger partial charge is 0.266 e. The molecule has 4 aromatic rings. The van der Waals surface area contributed by atoms with Crippen molar-refractivity contribution in [3.63, 3.8) is 0 Å². The summed E-state index contributed by atoms with van der Waals surface area (Å²) in [5.41, 5.74) is 0.759. The van der Waals surface area contributed by atoms with Crippen molar-refractivity contribution in [3.8, 4) is 0 Å². The van der Waals surface area contributed by atoms with Crippen LogP contribution in [0.25, 0.3) is 22.0 Å². The summed E-state index contributed by atoms with van der Waals surface area (Å²) in [5.74, 6) is -0.173. The van der Waals surface area contributed by atoms with E-state index in [1.165, 1.54) is 18.4 Å². The molecule has 0 aliphatic carbocycles. The standard InChI is InChI=1S/C19H14ClF3N4O/c1-8(10-4-3-5-11(13(10)21)18(22)23)24-19-15-14(25-9(2)26-19)12-6-7-28-16(12)17(20)27-15/h3-8,18H,1-2H3,(H,24,25,26)/t8-/m1/s1. The number of nitrogens with one attached hydrogen (secondary N) is 1. The van der Waals surface area contributed by atoms with Gasteiger partial charge in [0.25, 0.3) is 6.43 Å². The summed E-state index contributed by atoms with van der Waals surface area (Å²) in [6.07, 6.45) is -1.42. The van der Waals surface area contributed by atoms with E-state index in [9.17, 15) is 13.2 Å². The maximum atomic E-state index is 14.5. The highest BCUT2D eigenvalue weighted by Crippen LogP contribution is 2.34. The van der Waals surface area contributed by atoms with E-state index in [0.29, 0.717) is 33.6 Å². The van der Waals surface area contributed by atoms with E-state index in [4.69, 9.17) is 16.0 Å². The van der Waals surface area contributed by atoms with E-state index >= 15 is 0 Å². The SMILES string of the molecule is Cc1nc(N[C@H](C)c2cccc(C(F)F)c2F)c2nc(Cl)c3occc3c2n1. The zero-order valence-electron chi connectivity index (χ0n) is 14.8. The van der Waals surface area contributed by atoms with Gasteiger partial charge in [0.15, 0.2) is 16.6 Å². The van der Waals surface area contributed by atoms with E-state index < -0.39 is 23.8 Å². The van der Waals surface area contributed by atoms with E-state index in [-0.39, 0.29) is 10.7 Å². The number of benzene rings is 1. The van der Waals surface area contributed by atoms with Gasteiger partial charge in [-0.05, 0) is 19.9 Å². The molecule has 0 saturated heterocycles. The molecule has 144 valence electrons. The lowest BCUT2D eigenvalue weighted by Crippen LogP contribution is -2.12. The molecule has 0 radical (unpaired) electrons. The molecule has 28 heavy (non-hydrogen) atoms. The number of pyridine rings is 1. The van der Waals surface area contributed by atoms with Crippen LogP contribution < -0.4 is 5.32 Å². The van der Waals surface area contributed by atoms with Gasteiger partial charge in [-0.1, -0.05) is 29.8 Å². The Morgan fingerprint density at radius 3 is 2.57 bits per heavy atom. The average molecular weight is 407 g/mol. The van der Waals surface area contributed by atoms with Gasteiger partial charge in [0.1, 0.15) is 22.7 Å². The fourth-order valence-corrected chi connectivity index (χ4v) is 3.35. The second-order valence-corrected chi connectivity index (χ2v) is 6.66. The number of hydrogen-bond donors (Lipinski definition) is 1. The molecule has 1 N–H and O–H groups in total. The number of furan rings is 1. The van der Waals surface area contributed by atoms with E-state index in [1.807, 2.05) is 0 Å². The summed E-state index contributed by atoms with van der Waals surface area (Å²) < 4.78 is 45.9. The van der Waals surface area contributed by atoms with Gasteiger partial charge in [-0.15, -0.1) is 0 Å². The Labute approximate surface area is 162 Å². The Morgan fingerprint density at radius 2 is 1.82 bits per heavy atom. The lowest BCUT2D eigenvalue weighted by Gasteiger charge is -2.18. The Kier molecular flexibility index (Phi) is 4.58. The number of anilines is 1. The van der Waals surface area contributed by atoms with Gasteiger partial charge in [0, 0.05) is 5.56 Å². The van der Waals surface area contributed by atoms with Gasteiger partial charge in [-0.2, -0.15) is 0 Å². The van der Waals surface area contributed by atoms with Crippen LogP contribution in [0.4, 0.5) is 19.0 Å². The molecule has 3 aromatic heterocycles. The molecule has 4 rings (SSSR count). The lowest BCUT2D eigenvalue weighted by molar-refractivity contribution is 0.146. The third-order valence-corrected chi connectivity index (χ3v) is 4.68. The number of halogens is 4. The third kappa shape index (κ3) is 3.03. The number of rotatable bonds is 4. The molecular weight excluding hydrogens is 393 g/mol. The van der Waals surface area contributed by atoms with E-state index in [2.05, 4.69) is 20.3 Å². The predicted molar refractivity (Wildman–Crippen MR) is 100 cm³/mol. The van der Waals surface area contributed by atoms with Crippen LogP contribution in [-0.4, -0.2) is 15.0 Å². The van der Waals surface area contributed by atoms with Crippen LogP contribution in [0, 0.1) is 12.7 Å². The third-order valence-electron chi connectivity index (χ3n) is 4.43. The zero-order valence-corrected chi connectivity index (χ0v) is 15.6. The molecule has 0 amide bonds. The number of aromatic nitrogens is 3. The molecule has 0 bridgehead atoms. The molecule has 0 saturated carbocycles. The predicted octanol–water partition coefficient (Wildman–Crippen LogP) is 5.98. The van der Waals surface area contributed by atoms with Crippen molar-refractivity contribution < 1.29 is 17.6 Å². The van der Waals surface area contributed by atoms with E-state index in [0.717, 1.165) is 6.07 Å². The van der Waals surface area contributed by atoms with Crippen LogP contribution in [0.5, 0.6) is 0 Å². The van der Waals surface area contributed by atoms with Crippen molar-refractivity contribution in [2.24, 2.45) is 0 Å². The Morgan fingerprint density at radius 1 is 1.07 bits per heavy atom. The minimum atomic E-state index is -2.90. The van der Waals surface area contributed by atoms with Crippen LogP contribution in [0.1, 0.15) is 36.3 Å². The molecule has 0 aliphatic heterocycles. The van der Waals surface area contributed by atoms with Gasteiger partial charge >= 0.3 is 0 Å². The molecule has 0 fully saturated rings. The van der Waals surface area contributed by atoms with Crippen molar-refractivity contribution in [1.82, 2.24) is 15.0 Å². The molecule has 9 heteroatoms. The van der Waals surface area contributed by atoms with Crippen molar-refractivity contribution in [2.75, 3.05) is 5.32 Å². The number of alkyl halides is 2. The molecular formula is C19H14ClF3N4O. The first-order valence-electron chi connectivity index (χ1n) is 8.41. The topological polar surface area (TPSA) is 63.8 Å². The number of nitrogens with zero attached hydrogens (tertiary/aromatic N) is 3. The fraction of sp³-hybridized carbons (Fsp3) is 0.211. The monoisotopic (exact) mass is 406 g/mol. The van der Waals surface area contributed by atoms with Crippen LogP contribution in [0.15, 0.2) is 34.9 Å². The average Bonchev–Trinajstić information content (AvgIpc) is 3.13. The van der Waals surface area contributed by atoms with Crippen molar-refractivity contribution >= 4 is 39.4 Å². The minimum Gasteiger partial charge on any atom is -0.461 e. The second kappa shape index (κ2) is 6.94. The molecule has 1 aromatic carbocycles. The number of fused-ring (bicyclic) bond motifs is 3. The fourth-order valence-electron chi connectivity index (χ4n) is 3.12. The van der Waals surface area contributed by atoms with Crippen LogP contribution >= 0.6 is 11.6 Å². The first kappa shape index (κ1) is 18.5. The Balaban J connectivity index is 1.82. The molecule has 1 atom stereocenters. The van der Waals surface area contributed by atoms with E-state index in [1.54, 1.807) is 19.9 Å². The lowest BCUT2D eigenvalue weighted by atomic mass is 10.0. The summed E-state index contributed by atoms with van der Waals surface area (Å²) in [5, 5.41) is 3.85. The van der Waals surface area contributed by atoms with Gasteiger partial charge in [0.05, 0.1) is 23.3 Å². The van der Waals surface area contributed by atoms with Crippen LogP contribution in [0.2, 0.25) is 5.15 Å². The highest BCUT2D eigenvalue weighted by Gasteiger charge is 2.21. The maximum Gasteiger partial charge on any atom is 0.266 e. The van der Waals surface area contributed by atoms with Crippen LogP contribution in [-0.2, 0) is 0 Å². The van der Waals surface area contributed by atoms with Crippen molar-refractivity contribution in [2.45, 2.75) is 26.3 Å². The Hall–Kier alpha value is -2.87. The molecule has 3 heterocycles. The summed E-state index contributed by atoms with van der Waals surface area (Å²) in [4.78, 5) is 13.1. The largest absolute Gasteiger partial charge is 0.461 e. The summed E-state index contributed by atoms with van der Waals surface area (Å²) in [6.45, 7) is 3.35. The summed E-state index contributed by atoms with van der Waals surface area (Å²) in [6, 6.07) is 4.97. The summed E-state index contributed by atoms with van der Waals surface area (Å²) in [7, 11) is 0. The molecule has 0 spiro atoms. The van der Waals surface area contributed by atoms with Gasteiger partial charge in [-0.25, -0.2) is 28.1 Å². The van der Waals surface area contributed by atoms with Gasteiger partial charge in [-0.3, -0.25) is 0 Å². The maximum absolute atomic E-state index is 14.5. The normalized spacial score (nSPS) is 12.8. The minimum absolute atomic E-state index is 0.0951. The highest BCUT2D eigenvalue weighted by atomic mass is 35.5. The zero-order chi connectivity index (χ0) is 20.0. The second-order valence-electron chi connectivity index (χ2n) is 6.30. The number of hydrogen-bond acceptors (Lipinski definition) is 5. The summed E-state index contributed by atoms with van der Waals surface area (Å²) >= 11 is 6.19. The highest BCUT2D eigenvalue weighted by molar-refractivity contribution is 6.35. The van der Waals surface area contributed by atoms with Crippen LogP contribution in [0.3, 0.4) is 0 Å². The van der Waals surface area contributed by atoms with Gasteiger partial charge in [0.2, 0.25) is 0 Å². The number of aryl methyl sites for hydroxylation is 1. The van der Waals surface area contributed by atoms with Gasteiger partial charge < -0.3 is 9.73 Å². The Bertz CT molecular complexity index is 1190. The van der Waals surface area contributed by atoms with Crippen molar-refractivity contribution in [1.29, 1.82) is 0 Å². The molecule has 0 aliphatic rings. The van der Waals surface area contributed by atoms with Crippen molar-refractivity contribution in [3.05, 3.63) is 58.5 Å². The quantitative estimate of drug-likeness (QED) is 0.422. The first-order valence-corrected chi connectivity index (χ1v) is 8.78. The first-order chi connectivity index (χ1) is 13.4. The molecule has 0 unspecified atom stereocenters. The molecule has 5 nitrogen and oxygen atoms in total.